The van der Waals surface area contributed by atoms with E-state index >= 15 is 0 Å². The van der Waals surface area contributed by atoms with Gasteiger partial charge in [0.05, 0.1) is 0 Å². The quantitative estimate of drug-likeness (QED) is 0.487. The number of unbranched alkanes of at least 4 members (excludes halogenated alkanes) is 1. The van der Waals surface area contributed by atoms with Gasteiger partial charge in [0.15, 0.2) is 0 Å². The summed E-state index contributed by atoms with van der Waals surface area (Å²) in [4.78, 5) is 1.05. The molecule has 0 fully saturated rings. The molecule has 2 heteroatoms. The second-order valence-electron chi connectivity index (χ2n) is 2.64. The minimum absolute atomic E-state index is 0.404. The van der Waals surface area contributed by atoms with Crippen LogP contribution in [-0.2, 0) is 0 Å². The monoisotopic (exact) mass is 159 g/mol. The van der Waals surface area contributed by atoms with Crippen LogP contribution in [0, 0.1) is 0 Å². The fourth-order valence-corrected chi connectivity index (χ4v) is 0.722. The molecule has 0 saturated carbocycles. The van der Waals surface area contributed by atoms with Crippen LogP contribution in [0.15, 0.2) is 0 Å². The molecule has 60 valence electrons. The third-order valence-electron chi connectivity index (χ3n) is 1.59. The first-order chi connectivity index (χ1) is 4.68. The highest BCUT2D eigenvalue weighted by atomic mass is 32.1. The highest BCUT2D eigenvalue weighted by molar-refractivity contribution is 7.80. The Morgan fingerprint density at radius 1 is 1.60 bits per heavy atom. The molecule has 10 heavy (non-hydrogen) atoms. The number of thiocarbonyl (C=S) groups is 1. The zero-order chi connectivity index (χ0) is 7.98. The first kappa shape index (κ1) is 10.0. The smallest absolute Gasteiger partial charge is 0.0352 e. The van der Waals surface area contributed by atoms with E-state index in [-0.39, 0.29) is 0 Å². The van der Waals surface area contributed by atoms with Crippen molar-refractivity contribution in [1.82, 2.24) is 5.32 Å². The molecule has 0 amide bonds. The van der Waals surface area contributed by atoms with Crippen LogP contribution in [-0.4, -0.2) is 17.5 Å². The van der Waals surface area contributed by atoms with E-state index in [0.717, 1.165) is 11.4 Å². The highest BCUT2D eigenvalue weighted by Gasteiger charge is 1.99. The summed E-state index contributed by atoms with van der Waals surface area (Å²) < 4.78 is 0. The summed E-state index contributed by atoms with van der Waals surface area (Å²) in [6.45, 7) is 7.37. The van der Waals surface area contributed by atoms with E-state index < -0.39 is 0 Å². The Kier molecular flexibility index (Phi) is 5.84. The second kappa shape index (κ2) is 5.81. The van der Waals surface area contributed by atoms with Crippen LogP contribution in [0.5, 0.6) is 0 Å². The lowest BCUT2D eigenvalue weighted by molar-refractivity contribution is 0.620. The molecule has 0 heterocycles. The van der Waals surface area contributed by atoms with Crippen molar-refractivity contribution in [3.63, 3.8) is 0 Å². The van der Waals surface area contributed by atoms with Gasteiger partial charge in [-0.25, -0.2) is 0 Å². The van der Waals surface area contributed by atoms with Crippen molar-refractivity contribution in [3.05, 3.63) is 0 Å². The summed E-state index contributed by atoms with van der Waals surface area (Å²) in [6.07, 6.45) is 2.49. The van der Waals surface area contributed by atoms with Crippen LogP contribution in [0.4, 0.5) is 0 Å². The van der Waals surface area contributed by atoms with Crippen molar-refractivity contribution in [2.45, 2.75) is 39.7 Å². The van der Waals surface area contributed by atoms with Gasteiger partial charge in [0.2, 0.25) is 0 Å². The maximum absolute atomic E-state index is 5.01. The predicted molar refractivity (Wildman–Crippen MR) is 50.6 cm³/mol. The molecule has 0 radical (unpaired) electrons. The Hall–Kier alpha value is 0.0500. The molecule has 0 saturated heterocycles. The fourth-order valence-electron chi connectivity index (χ4n) is 0.639. The molecule has 0 aromatic rings. The van der Waals surface area contributed by atoms with Gasteiger partial charge in [-0.2, -0.15) is 0 Å². The lowest BCUT2D eigenvalue weighted by Gasteiger charge is -2.10. The van der Waals surface area contributed by atoms with Gasteiger partial charge < -0.3 is 5.32 Å². The van der Waals surface area contributed by atoms with Gasteiger partial charge >= 0.3 is 0 Å². The Balaban J connectivity index is 3.21. The third kappa shape index (κ3) is 4.89. The number of hydrogen-bond acceptors (Lipinski definition) is 2. The molecule has 1 unspecified atom stereocenters. The number of hydrogen-bond donors (Lipinski definition) is 1. The van der Waals surface area contributed by atoms with Crippen molar-refractivity contribution in [1.29, 1.82) is 0 Å². The molecular formula is C8H17NS. The molecule has 0 bridgehead atoms. The zero-order valence-electron chi connectivity index (χ0n) is 7.11. The topological polar surface area (TPSA) is 12.0 Å². The summed E-state index contributed by atoms with van der Waals surface area (Å²) in [5.74, 6) is 0. The van der Waals surface area contributed by atoms with E-state index in [1.165, 1.54) is 12.8 Å². The van der Waals surface area contributed by atoms with E-state index in [1.807, 2.05) is 6.92 Å². The molecule has 0 aliphatic heterocycles. The largest absolute Gasteiger partial charge is 0.310 e. The molecule has 0 rings (SSSR count). The molecule has 1 N–H and O–H groups in total. The molecule has 0 aromatic carbocycles. The van der Waals surface area contributed by atoms with Crippen molar-refractivity contribution in [2.75, 3.05) is 6.54 Å². The number of nitrogens with one attached hydrogen (secondary N) is 1. The molecule has 0 aliphatic rings. The van der Waals surface area contributed by atoms with Gasteiger partial charge in [0.25, 0.3) is 0 Å². The zero-order valence-corrected chi connectivity index (χ0v) is 7.92. The molecule has 0 aromatic heterocycles. The van der Waals surface area contributed by atoms with Gasteiger partial charge in [-0.05, 0) is 26.8 Å². The minimum Gasteiger partial charge on any atom is -0.310 e. The summed E-state index contributed by atoms with van der Waals surface area (Å²) in [7, 11) is 0. The van der Waals surface area contributed by atoms with Crippen molar-refractivity contribution < 1.29 is 0 Å². The Morgan fingerprint density at radius 3 is 2.60 bits per heavy atom. The molecule has 0 aliphatic carbocycles. The first-order valence-electron chi connectivity index (χ1n) is 3.92. The highest BCUT2D eigenvalue weighted by Crippen LogP contribution is 1.89. The standard InChI is InChI=1S/C8H17NS/c1-4-5-6-9-7(2)8(3)10/h7,9H,4-6H2,1-3H3. The average molecular weight is 159 g/mol. The van der Waals surface area contributed by atoms with Crippen LogP contribution in [0.1, 0.15) is 33.6 Å². The van der Waals surface area contributed by atoms with Crippen molar-refractivity contribution >= 4 is 17.1 Å². The lowest BCUT2D eigenvalue weighted by atomic mass is 10.2. The summed E-state index contributed by atoms with van der Waals surface area (Å²) in [5, 5.41) is 3.34. The fraction of sp³-hybridized carbons (Fsp3) is 0.875. The van der Waals surface area contributed by atoms with Crippen molar-refractivity contribution in [2.24, 2.45) is 0 Å². The van der Waals surface area contributed by atoms with Gasteiger partial charge in [-0.3, -0.25) is 0 Å². The van der Waals surface area contributed by atoms with E-state index in [2.05, 4.69) is 19.2 Å². The number of rotatable bonds is 5. The van der Waals surface area contributed by atoms with Gasteiger partial charge in [0.1, 0.15) is 0 Å². The summed E-state index contributed by atoms with van der Waals surface area (Å²) in [5.41, 5.74) is 0. The van der Waals surface area contributed by atoms with Gasteiger partial charge in [-0.15, -0.1) is 0 Å². The Morgan fingerprint density at radius 2 is 2.20 bits per heavy atom. The van der Waals surface area contributed by atoms with E-state index in [9.17, 15) is 0 Å². The predicted octanol–water partition coefficient (Wildman–Crippen LogP) is 2.15. The van der Waals surface area contributed by atoms with Crippen LogP contribution >= 0.6 is 12.2 Å². The van der Waals surface area contributed by atoms with Crippen LogP contribution < -0.4 is 5.32 Å². The SMILES string of the molecule is CCCCNC(C)C(C)=S. The molecular weight excluding hydrogens is 142 g/mol. The first-order valence-corrected chi connectivity index (χ1v) is 4.33. The van der Waals surface area contributed by atoms with Crippen LogP contribution in [0.2, 0.25) is 0 Å². The van der Waals surface area contributed by atoms with Crippen LogP contribution in [0.25, 0.3) is 0 Å². The van der Waals surface area contributed by atoms with E-state index in [4.69, 9.17) is 12.2 Å². The Bertz CT molecular complexity index is 101. The molecule has 0 spiro atoms. The molecule has 1 atom stereocenters. The lowest BCUT2D eigenvalue weighted by Crippen LogP contribution is -2.31. The summed E-state index contributed by atoms with van der Waals surface area (Å²) in [6, 6.07) is 0.404. The molecule has 1 nitrogen and oxygen atoms in total. The van der Waals surface area contributed by atoms with Crippen molar-refractivity contribution in [3.8, 4) is 0 Å². The van der Waals surface area contributed by atoms with Gasteiger partial charge in [0, 0.05) is 10.9 Å². The normalized spacial score (nSPS) is 13.1. The maximum Gasteiger partial charge on any atom is 0.0352 e. The average Bonchev–Trinajstić information content (AvgIpc) is 1.88. The maximum atomic E-state index is 5.01. The minimum atomic E-state index is 0.404. The summed E-state index contributed by atoms with van der Waals surface area (Å²) >= 11 is 5.01. The van der Waals surface area contributed by atoms with Crippen LogP contribution in [0.3, 0.4) is 0 Å². The Labute approximate surface area is 69.2 Å². The third-order valence-corrected chi connectivity index (χ3v) is 1.94. The van der Waals surface area contributed by atoms with E-state index in [0.29, 0.717) is 6.04 Å². The van der Waals surface area contributed by atoms with Gasteiger partial charge in [-0.1, -0.05) is 25.6 Å². The van der Waals surface area contributed by atoms with E-state index in [1.54, 1.807) is 0 Å². The second-order valence-corrected chi connectivity index (χ2v) is 3.28.